The van der Waals surface area contributed by atoms with Crippen LogP contribution in [0.5, 0.6) is 17.2 Å². The molecule has 7 heteroatoms. The maximum Gasteiger partial charge on any atom is 0.240 e. The highest BCUT2D eigenvalue weighted by molar-refractivity contribution is 7.89. The van der Waals surface area contributed by atoms with Crippen LogP contribution < -0.4 is 18.9 Å². The Labute approximate surface area is 151 Å². The van der Waals surface area contributed by atoms with E-state index in [9.17, 15) is 8.42 Å². The standard InChI is InChI=1S/C19H17NO5S/c1-23-16-5-3-15-10-17(6-4-14(15)9-16)26(21,22)20-11-13-2-7-18-19(8-13)25-12-24-18/h2-10,20H,11-12H2,1H3. The van der Waals surface area contributed by atoms with Crippen molar-refractivity contribution in [2.24, 2.45) is 0 Å². The van der Waals surface area contributed by atoms with E-state index in [0.717, 1.165) is 22.1 Å². The molecule has 1 aliphatic heterocycles. The van der Waals surface area contributed by atoms with Gasteiger partial charge >= 0.3 is 0 Å². The molecule has 0 bridgehead atoms. The average molecular weight is 371 g/mol. The third-order valence-electron chi connectivity index (χ3n) is 4.23. The number of fused-ring (bicyclic) bond motifs is 2. The van der Waals surface area contributed by atoms with Crippen molar-refractivity contribution in [1.82, 2.24) is 4.72 Å². The average Bonchev–Trinajstić information content (AvgIpc) is 3.13. The molecule has 0 fully saturated rings. The van der Waals surface area contributed by atoms with Gasteiger partial charge in [-0.25, -0.2) is 13.1 Å². The first-order chi connectivity index (χ1) is 12.5. The van der Waals surface area contributed by atoms with Crippen LogP contribution in [0.1, 0.15) is 5.56 Å². The number of ether oxygens (including phenoxy) is 3. The van der Waals surface area contributed by atoms with Crippen molar-refractivity contribution in [3.63, 3.8) is 0 Å². The summed E-state index contributed by atoms with van der Waals surface area (Å²) in [6, 6.07) is 15.9. The van der Waals surface area contributed by atoms with Crippen LogP contribution in [0.25, 0.3) is 10.8 Å². The first-order valence-corrected chi connectivity index (χ1v) is 9.49. The summed E-state index contributed by atoms with van der Waals surface area (Å²) in [5, 5.41) is 1.75. The summed E-state index contributed by atoms with van der Waals surface area (Å²) in [4.78, 5) is 0.218. The van der Waals surface area contributed by atoms with Gasteiger partial charge < -0.3 is 14.2 Å². The van der Waals surface area contributed by atoms with E-state index in [1.165, 1.54) is 0 Å². The molecule has 26 heavy (non-hydrogen) atoms. The zero-order chi connectivity index (χ0) is 18.1. The number of rotatable bonds is 5. The Morgan fingerprint density at radius 3 is 2.58 bits per heavy atom. The zero-order valence-corrected chi connectivity index (χ0v) is 14.9. The molecular formula is C19H17NO5S. The van der Waals surface area contributed by atoms with Crippen LogP contribution in [-0.4, -0.2) is 22.3 Å². The fraction of sp³-hybridized carbons (Fsp3) is 0.158. The summed E-state index contributed by atoms with van der Waals surface area (Å²) >= 11 is 0. The monoisotopic (exact) mass is 371 g/mol. The van der Waals surface area contributed by atoms with Gasteiger partial charge in [-0.3, -0.25) is 0 Å². The molecule has 1 heterocycles. The molecule has 0 atom stereocenters. The summed E-state index contributed by atoms with van der Waals surface area (Å²) in [6.45, 7) is 0.353. The number of hydrogen-bond acceptors (Lipinski definition) is 5. The second-order valence-corrected chi connectivity index (χ2v) is 7.65. The summed E-state index contributed by atoms with van der Waals surface area (Å²) < 4.78 is 43.6. The molecule has 0 unspecified atom stereocenters. The predicted molar refractivity (Wildman–Crippen MR) is 97.1 cm³/mol. The van der Waals surface area contributed by atoms with Gasteiger partial charge in [-0.05, 0) is 52.7 Å². The topological polar surface area (TPSA) is 73.9 Å². The molecule has 0 saturated carbocycles. The lowest BCUT2D eigenvalue weighted by Crippen LogP contribution is -2.23. The molecule has 0 amide bonds. The fourth-order valence-electron chi connectivity index (χ4n) is 2.81. The lowest BCUT2D eigenvalue weighted by atomic mass is 10.1. The summed E-state index contributed by atoms with van der Waals surface area (Å²) in [5.74, 6) is 2.02. The molecule has 0 spiro atoms. The van der Waals surface area contributed by atoms with Crippen molar-refractivity contribution in [3.05, 3.63) is 60.2 Å². The van der Waals surface area contributed by atoms with Crippen LogP contribution >= 0.6 is 0 Å². The Bertz CT molecular complexity index is 1080. The molecule has 1 N–H and O–H groups in total. The molecule has 6 nitrogen and oxygen atoms in total. The van der Waals surface area contributed by atoms with E-state index in [1.54, 1.807) is 43.5 Å². The van der Waals surface area contributed by atoms with E-state index < -0.39 is 10.0 Å². The third-order valence-corrected chi connectivity index (χ3v) is 5.63. The molecule has 1 aliphatic rings. The van der Waals surface area contributed by atoms with Crippen LogP contribution in [0.3, 0.4) is 0 Å². The number of methoxy groups -OCH3 is 1. The summed E-state index contributed by atoms with van der Waals surface area (Å²) in [7, 11) is -2.04. The number of nitrogens with one attached hydrogen (secondary N) is 1. The van der Waals surface area contributed by atoms with E-state index in [0.29, 0.717) is 11.5 Å². The van der Waals surface area contributed by atoms with E-state index in [-0.39, 0.29) is 18.2 Å². The first kappa shape index (κ1) is 16.7. The van der Waals surface area contributed by atoms with E-state index in [4.69, 9.17) is 14.2 Å². The zero-order valence-electron chi connectivity index (χ0n) is 14.1. The fourth-order valence-corrected chi connectivity index (χ4v) is 3.86. The van der Waals surface area contributed by atoms with Crippen molar-refractivity contribution in [1.29, 1.82) is 0 Å². The van der Waals surface area contributed by atoms with Crippen LogP contribution in [0.4, 0.5) is 0 Å². The maximum atomic E-state index is 12.6. The van der Waals surface area contributed by atoms with Gasteiger partial charge in [0.2, 0.25) is 16.8 Å². The highest BCUT2D eigenvalue weighted by atomic mass is 32.2. The van der Waals surface area contributed by atoms with Gasteiger partial charge in [-0.1, -0.05) is 18.2 Å². The van der Waals surface area contributed by atoms with E-state index >= 15 is 0 Å². The minimum Gasteiger partial charge on any atom is -0.497 e. The Balaban J connectivity index is 1.55. The number of benzene rings is 3. The molecule has 3 aromatic rings. The van der Waals surface area contributed by atoms with Gasteiger partial charge in [-0.2, -0.15) is 0 Å². The smallest absolute Gasteiger partial charge is 0.240 e. The third kappa shape index (κ3) is 3.18. The first-order valence-electron chi connectivity index (χ1n) is 8.01. The van der Waals surface area contributed by atoms with Crippen LogP contribution in [0.15, 0.2) is 59.5 Å². The van der Waals surface area contributed by atoms with Gasteiger partial charge in [0.25, 0.3) is 0 Å². The second kappa shape index (κ2) is 6.51. The molecule has 3 aromatic carbocycles. The Kier molecular flexibility index (Phi) is 4.18. The SMILES string of the molecule is COc1ccc2cc(S(=O)(=O)NCc3ccc4c(c3)OCO4)ccc2c1. The second-order valence-electron chi connectivity index (χ2n) is 5.89. The molecule has 4 rings (SSSR count). The van der Waals surface area contributed by atoms with Crippen molar-refractivity contribution >= 4 is 20.8 Å². The number of hydrogen-bond donors (Lipinski definition) is 1. The molecule has 134 valence electrons. The van der Waals surface area contributed by atoms with Gasteiger partial charge in [0.15, 0.2) is 11.5 Å². The van der Waals surface area contributed by atoms with Crippen molar-refractivity contribution in [2.75, 3.05) is 13.9 Å². The highest BCUT2D eigenvalue weighted by Crippen LogP contribution is 2.32. The summed E-state index contributed by atoms with van der Waals surface area (Å²) in [6.07, 6.45) is 0. The highest BCUT2D eigenvalue weighted by Gasteiger charge is 2.17. The van der Waals surface area contributed by atoms with Crippen molar-refractivity contribution < 1.29 is 22.6 Å². The lowest BCUT2D eigenvalue weighted by Gasteiger charge is -2.09. The lowest BCUT2D eigenvalue weighted by molar-refractivity contribution is 0.174. The Hall–Kier alpha value is -2.77. The quantitative estimate of drug-likeness (QED) is 0.746. The molecule has 0 saturated heterocycles. The normalized spacial score (nSPS) is 13.1. The largest absolute Gasteiger partial charge is 0.497 e. The number of sulfonamides is 1. The van der Waals surface area contributed by atoms with Gasteiger partial charge in [0, 0.05) is 6.54 Å². The van der Waals surface area contributed by atoms with Crippen LogP contribution in [-0.2, 0) is 16.6 Å². The van der Waals surface area contributed by atoms with Gasteiger partial charge in [0.05, 0.1) is 12.0 Å². The molecule has 0 radical (unpaired) electrons. The minimum absolute atomic E-state index is 0.166. The predicted octanol–water partition coefficient (Wildman–Crippen LogP) is 3.06. The van der Waals surface area contributed by atoms with Gasteiger partial charge in [0.1, 0.15) is 5.75 Å². The minimum atomic E-state index is -3.63. The Morgan fingerprint density at radius 1 is 0.962 bits per heavy atom. The van der Waals surface area contributed by atoms with Gasteiger partial charge in [-0.15, -0.1) is 0 Å². The molecular weight excluding hydrogens is 354 g/mol. The van der Waals surface area contributed by atoms with Crippen LogP contribution in [0.2, 0.25) is 0 Å². The molecule has 0 aliphatic carbocycles. The maximum absolute atomic E-state index is 12.6. The van der Waals surface area contributed by atoms with Crippen molar-refractivity contribution in [2.45, 2.75) is 11.4 Å². The van der Waals surface area contributed by atoms with Crippen molar-refractivity contribution in [3.8, 4) is 17.2 Å². The van der Waals surface area contributed by atoms with E-state index in [2.05, 4.69) is 4.72 Å². The summed E-state index contributed by atoms with van der Waals surface area (Å²) in [5.41, 5.74) is 0.795. The molecule has 0 aromatic heterocycles. The van der Waals surface area contributed by atoms with E-state index in [1.807, 2.05) is 18.2 Å². The Morgan fingerprint density at radius 2 is 1.73 bits per heavy atom. The van der Waals surface area contributed by atoms with Crippen LogP contribution in [0, 0.1) is 0 Å².